The summed E-state index contributed by atoms with van der Waals surface area (Å²) in [5.74, 6) is -2.28. The van der Waals surface area contributed by atoms with E-state index in [0.717, 1.165) is 5.69 Å². The number of benzene rings is 2. The Labute approximate surface area is 333 Å². The lowest BCUT2D eigenvalue weighted by Crippen LogP contribution is -2.53. The number of amides is 2. The molecule has 2 aromatic heterocycles. The zero-order valence-electron chi connectivity index (χ0n) is 34.4. The fourth-order valence-electron chi connectivity index (χ4n) is 5.81. The molecule has 4 rings (SSSR count). The number of carbonyl (C=O) groups excluding carboxylic acids is 4. The predicted octanol–water partition coefficient (Wildman–Crippen LogP) is 4.51. The van der Waals surface area contributed by atoms with Crippen molar-refractivity contribution in [3.8, 4) is 5.75 Å². The van der Waals surface area contributed by atoms with E-state index in [0.29, 0.717) is 28.9 Å². The van der Waals surface area contributed by atoms with Crippen molar-refractivity contribution in [3.63, 3.8) is 0 Å². The molecule has 0 saturated heterocycles. The van der Waals surface area contributed by atoms with Crippen molar-refractivity contribution in [2.24, 2.45) is 0 Å². The van der Waals surface area contributed by atoms with Crippen molar-refractivity contribution < 1.29 is 33.8 Å². The van der Waals surface area contributed by atoms with Crippen LogP contribution in [0.1, 0.15) is 102 Å². The molecule has 0 unspecified atom stereocenters. The molecule has 0 saturated carbocycles. The normalized spacial score (nSPS) is 13.0. The van der Waals surface area contributed by atoms with Gasteiger partial charge in [-0.3, -0.25) is 14.4 Å². The van der Waals surface area contributed by atoms with E-state index in [4.69, 9.17) is 20.9 Å². The number of phenols is 1. The SMILES string of the molecule is CN(Cc1cnc2nc(N)nc(N)c2n1)c1ccc(C(=O)N[C@@H](CCC(=O)OC(C)(C)C)C(=O)N[C@@H](Cc2ccc(O)c(C(C)(C)C)c2)C(=O)OC(C)(C)C)cc1. The molecule has 4 aromatic rings. The summed E-state index contributed by atoms with van der Waals surface area (Å²) in [6.07, 6.45) is 1.30. The van der Waals surface area contributed by atoms with Gasteiger partial charge in [-0.2, -0.15) is 9.97 Å². The maximum Gasteiger partial charge on any atom is 0.329 e. The average molecular weight is 786 g/mol. The Bertz CT molecular complexity index is 2100. The second kappa shape index (κ2) is 17.4. The lowest BCUT2D eigenvalue weighted by atomic mass is 9.84. The fraction of sp³-hybridized carbons (Fsp3) is 0.463. The number of hydrogen-bond donors (Lipinski definition) is 5. The molecule has 0 fully saturated rings. The highest BCUT2D eigenvalue weighted by Gasteiger charge is 2.32. The average Bonchev–Trinajstić information content (AvgIpc) is 3.08. The summed E-state index contributed by atoms with van der Waals surface area (Å²) in [5.41, 5.74) is 13.2. The molecule has 306 valence electrons. The number of nitrogens with zero attached hydrogens (tertiary/aromatic N) is 5. The number of fused-ring (bicyclic) bond motifs is 1. The fourth-order valence-corrected chi connectivity index (χ4v) is 5.81. The van der Waals surface area contributed by atoms with Crippen LogP contribution in [0.2, 0.25) is 0 Å². The van der Waals surface area contributed by atoms with Gasteiger partial charge < -0.3 is 41.6 Å². The molecule has 0 bridgehead atoms. The van der Waals surface area contributed by atoms with E-state index in [-0.39, 0.29) is 48.0 Å². The molecule has 16 heteroatoms. The van der Waals surface area contributed by atoms with Crippen molar-refractivity contribution in [2.75, 3.05) is 23.4 Å². The van der Waals surface area contributed by atoms with Crippen molar-refractivity contribution in [3.05, 3.63) is 71.0 Å². The molecule has 2 heterocycles. The number of aromatic nitrogens is 4. The number of ether oxygens (including phenoxy) is 2. The summed E-state index contributed by atoms with van der Waals surface area (Å²) in [7, 11) is 1.84. The number of nitrogen functional groups attached to an aromatic ring is 2. The Morgan fingerprint density at radius 3 is 2.11 bits per heavy atom. The van der Waals surface area contributed by atoms with Gasteiger partial charge in [0.25, 0.3) is 5.91 Å². The van der Waals surface area contributed by atoms with E-state index in [1.54, 1.807) is 90.2 Å². The highest BCUT2D eigenvalue weighted by Crippen LogP contribution is 2.32. The first kappa shape index (κ1) is 43.7. The molecule has 0 aliphatic carbocycles. The number of aromatic hydroxyl groups is 1. The second-order valence-electron chi connectivity index (χ2n) is 17.0. The number of hydrogen-bond acceptors (Lipinski definition) is 14. The van der Waals surface area contributed by atoms with E-state index in [9.17, 15) is 24.3 Å². The van der Waals surface area contributed by atoms with Gasteiger partial charge in [0.15, 0.2) is 17.0 Å². The van der Waals surface area contributed by atoms with Crippen LogP contribution in [-0.2, 0) is 42.2 Å². The minimum absolute atomic E-state index is 0.00335. The molecule has 57 heavy (non-hydrogen) atoms. The van der Waals surface area contributed by atoms with Gasteiger partial charge in [0.05, 0.1) is 18.4 Å². The Kier molecular flexibility index (Phi) is 13.3. The quantitative estimate of drug-likeness (QED) is 0.117. The molecule has 0 aliphatic rings. The predicted molar refractivity (Wildman–Crippen MR) is 217 cm³/mol. The molecule has 2 aromatic carbocycles. The Morgan fingerprint density at radius 1 is 0.842 bits per heavy atom. The maximum atomic E-state index is 14.0. The summed E-state index contributed by atoms with van der Waals surface area (Å²) >= 11 is 0. The molecular weight excluding hydrogens is 731 g/mol. The topological polar surface area (TPSA) is 238 Å². The van der Waals surface area contributed by atoms with Crippen LogP contribution in [0, 0.1) is 0 Å². The Balaban J connectivity index is 1.55. The molecule has 0 spiro atoms. The first-order valence-corrected chi connectivity index (χ1v) is 18.6. The largest absolute Gasteiger partial charge is 0.508 e. The summed E-state index contributed by atoms with van der Waals surface area (Å²) in [4.78, 5) is 72.7. The number of nitrogens with one attached hydrogen (secondary N) is 2. The monoisotopic (exact) mass is 785 g/mol. The molecule has 2 amide bonds. The second-order valence-corrected chi connectivity index (χ2v) is 17.0. The number of esters is 2. The van der Waals surface area contributed by atoms with Crippen LogP contribution in [-0.4, -0.2) is 79.1 Å². The van der Waals surface area contributed by atoms with Crippen LogP contribution in [0.25, 0.3) is 11.2 Å². The number of carbonyl (C=O) groups is 4. The van der Waals surface area contributed by atoms with E-state index in [1.807, 2.05) is 32.7 Å². The van der Waals surface area contributed by atoms with E-state index >= 15 is 0 Å². The van der Waals surface area contributed by atoms with Gasteiger partial charge in [-0.1, -0.05) is 32.9 Å². The highest BCUT2D eigenvalue weighted by molar-refractivity contribution is 5.98. The lowest BCUT2D eigenvalue weighted by molar-refractivity contribution is -0.159. The molecule has 0 radical (unpaired) electrons. The van der Waals surface area contributed by atoms with Crippen molar-refractivity contribution in [1.82, 2.24) is 30.6 Å². The standard InChI is InChI=1S/C41H55N9O7/c1-39(2,3)27-19-23(11-17-30(27)51)20-29(37(55)57-41(7,8)9)47-36(54)28(16-18-31(52)56-40(4,5)6)46-35(53)24-12-14-26(15-13-24)50(10)22-25-21-44-34-32(45-25)33(42)48-38(43)49-34/h11-15,17,19,21,28-29,51H,16,18,20,22H2,1-10H3,(H,46,53)(H,47,54)(H4,42,43,44,48,49)/t28-,29-/m0/s1. The molecule has 0 aliphatic heterocycles. The first-order chi connectivity index (χ1) is 26.4. The third-order valence-electron chi connectivity index (χ3n) is 8.47. The summed E-state index contributed by atoms with van der Waals surface area (Å²) in [5, 5.41) is 16.1. The smallest absolute Gasteiger partial charge is 0.329 e. The summed E-state index contributed by atoms with van der Waals surface area (Å²) in [6, 6.07) is 9.29. The van der Waals surface area contributed by atoms with Crippen LogP contribution in [0.15, 0.2) is 48.7 Å². The highest BCUT2D eigenvalue weighted by atomic mass is 16.6. The molecular formula is C41H55N9O7. The Hall–Kier alpha value is -6.06. The van der Waals surface area contributed by atoms with E-state index in [2.05, 4.69) is 30.6 Å². The van der Waals surface area contributed by atoms with Gasteiger partial charge >= 0.3 is 11.9 Å². The minimum Gasteiger partial charge on any atom is -0.508 e. The van der Waals surface area contributed by atoms with Crippen molar-refractivity contribution in [1.29, 1.82) is 0 Å². The Morgan fingerprint density at radius 2 is 1.49 bits per heavy atom. The van der Waals surface area contributed by atoms with Crippen LogP contribution >= 0.6 is 0 Å². The van der Waals surface area contributed by atoms with Crippen LogP contribution in [0.3, 0.4) is 0 Å². The van der Waals surface area contributed by atoms with Gasteiger partial charge in [-0.05, 0) is 94.8 Å². The van der Waals surface area contributed by atoms with Gasteiger partial charge in [0.2, 0.25) is 11.9 Å². The maximum absolute atomic E-state index is 14.0. The lowest BCUT2D eigenvalue weighted by Gasteiger charge is -2.27. The molecule has 16 nitrogen and oxygen atoms in total. The number of nitrogens with two attached hydrogens (primary N) is 2. The van der Waals surface area contributed by atoms with Crippen LogP contribution < -0.4 is 27.0 Å². The zero-order chi connectivity index (χ0) is 42.5. The summed E-state index contributed by atoms with van der Waals surface area (Å²) in [6.45, 7) is 16.5. The first-order valence-electron chi connectivity index (χ1n) is 18.6. The van der Waals surface area contributed by atoms with Gasteiger partial charge in [-0.15, -0.1) is 0 Å². The zero-order valence-corrected chi connectivity index (χ0v) is 34.4. The van der Waals surface area contributed by atoms with Gasteiger partial charge in [-0.25, -0.2) is 14.8 Å². The molecule has 2 atom stereocenters. The van der Waals surface area contributed by atoms with E-state index in [1.165, 1.54) is 0 Å². The molecule has 7 N–H and O–H groups in total. The number of anilines is 3. The third-order valence-corrected chi connectivity index (χ3v) is 8.47. The van der Waals surface area contributed by atoms with E-state index < -0.39 is 52.5 Å². The van der Waals surface area contributed by atoms with Gasteiger partial charge in [0.1, 0.15) is 29.0 Å². The van der Waals surface area contributed by atoms with Crippen molar-refractivity contribution in [2.45, 2.75) is 117 Å². The minimum atomic E-state index is -1.24. The van der Waals surface area contributed by atoms with Gasteiger partial charge in [0, 0.05) is 31.1 Å². The van der Waals surface area contributed by atoms with Crippen LogP contribution in [0.4, 0.5) is 17.5 Å². The van der Waals surface area contributed by atoms with Crippen LogP contribution in [0.5, 0.6) is 5.75 Å². The van der Waals surface area contributed by atoms with Crippen molar-refractivity contribution >= 4 is 52.4 Å². The summed E-state index contributed by atoms with van der Waals surface area (Å²) < 4.78 is 11.1. The number of phenolic OH excluding ortho intramolecular Hbond substituents is 1. The third kappa shape index (κ3) is 12.7. The number of rotatable bonds is 13.